The highest BCUT2D eigenvalue weighted by Gasteiger charge is 2.38. The van der Waals surface area contributed by atoms with Crippen LogP contribution in [0.5, 0.6) is 0 Å². The number of anilines is 1. The summed E-state index contributed by atoms with van der Waals surface area (Å²) < 4.78 is 31.7. The molecule has 3 heterocycles. The lowest BCUT2D eigenvalue weighted by Crippen LogP contribution is -2.48. The lowest BCUT2D eigenvalue weighted by molar-refractivity contribution is -0.192. The van der Waals surface area contributed by atoms with Crippen molar-refractivity contribution in [1.29, 1.82) is 0 Å². The van der Waals surface area contributed by atoms with Crippen LogP contribution >= 0.6 is 0 Å². The first-order valence-electron chi connectivity index (χ1n) is 11.0. The maximum Gasteiger partial charge on any atom is 0.490 e. The van der Waals surface area contributed by atoms with E-state index < -0.39 is 12.1 Å². The highest BCUT2D eigenvalue weighted by molar-refractivity contribution is 6.01. The Labute approximate surface area is 198 Å². The zero-order valence-electron chi connectivity index (χ0n) is 18.8. The monoisotopic (exact) mass is 487 g/mol. The van der Waals surface area contributed by atoms with E-state index in [-0.39, 0.29) is 11.9 Å². The van der Waals surface area contributed by atoms with Gasteiger partial charge >= 0.3 is 12.1 Å². The molecule has 4 aromatic rings. The highest BCUT2D eigenvalue weighted by Crippen LogP contribution is 2.33. The lowest BCUT2D eigenvalue weighted by Gasteiger charge is -2.32. The number of nitrogens with one attached hydrogen (secondary N) is 3. The number of halogens is 3. The van der Waals surface area contributed by atoms with Crippen LogP contribution in [0, 0.1) is 0 Å². The average Bonchev–Trinajstić information content (AvgIpc) is 3.49. The summed E-state index contributed by atoms with van der Waals surface area (Å²) >= 11 is 0. The minimum atomic E-state index is -5.08. The van der Waals surface area contributed by atoms with Crippen LogP contribution in [-0.2, 0) is 22.4 Å². The van der Waals surface area contributed by atoms with Crippen molar-refractivity contribution >= 4 is 39.5 Å². The molecule has 35 heavy (non-hydrogen) atoms. The van der Waals surface area contributed by atoms with Crippen molar-refractivity contribution in [3.05, 3.63) is 60.0 Å². The molecule has 0 fully saturated rings. The molecule has 0 bridgehead atoms. The summed E-state index contributed by atoms with van der Waals surface area (Å²) in [5.41, 5.74) is 6.42. The number of carbonyl (C=O) groups is 2. The standard InChI is InChI=1S/C22H23N5O.C2HF3O2/c1-23-19(11-14-12-24-17-7-3-2-5-15(14)17)22(28)27-10-4-6-16-20(27)9-8-18-21(16)26-13-25-18;3-2(4,5)1(6)7/h2-3,5,7-9,12-13,19,23-24H,4,6,10-11H2,1H3,(H,25,26);(H,6,7). The highest BCUT2D eigenvalue weighted by atomic mass is 19.4. The van der Waals surface area contributed by atoms with Gasteiger partial charge in [0.15, 0.2) is 0 Å². The van der Waals surface area contributed by atoms with Crippen LogP contribution in [0.15, 0.2) is 48.9 Å². The average molecular weight is 487 g/mol. The number of para-hydroxylation sites is 1. The Hall–Kier alpha value is -3.86. The predicted molar refractivity (Wildman–Crippen MR) is 125 cm³/mol. The van der Waals surface area contributed by atoms with Gasteiger partial charge < -0.3 is 25.3 Å². The van der Waals surface area contributed by atoms with Gasteiger partial charge in [0.2, 0.25) is 5.91 Å². The number of nitrogens with zero attached hydrogens (tertiary/aromatic N) is 2. The van der Waals surface area contributed by atoms with E-state index in [9.17, 15) is 18.0 Å². The number of likely N-dealkylation sites (N-methyl/N-ethyl adjacent to an activating group) is 1. The molecule has 1 atom stereocenters. The number of aromatic amines is 2. The van der Waals surface area contributed by atoms with Crippen LogP contribution in [0.25, 0.3) is 21.9 Å². The van der Waals surface area contributed by atoms with Crippen LogP contribution in [-0.4, -0.2) is 57.7 Å². The fourth-order valence-electron chi connectivity index (χ4n) is 4.34. The van der Waals surface area contributed by atoms with Crippen LogP contribution in [0.1, 0.15) is 17.5 Å². The molecular formula is C24H24F3N5O3. The first-order chi connectivity index (χ1) is 16.7. The molecule has 0 aliphatic carbocycles. The van der Waals surface area contributed by atoms with Gasteiger partial charge in [0.1, 0.15) is 0 Å². The molecule has 5 rings (SSSR count). The number of H-pyrrole nitrogens is 2. The molecule has 1 unspecified atom stereocenters. The Morgan fingerprint density at radius 2 is 1.91 bits per heavy atom. The molecule has 1 amide bonds. The number of aliphatic carboxylic acids is 1. The third-order valence-corrected chi connectivity index (χ3v) is 6.03. The van der Waals surface area contributed by atoms with Crippen LogP contribution in [0.2, 0.25) is 0 Å². The van der Waals surface area contributed by atoms with E-state index >= 15 is 0 Å². The summed E-state index contributed by atoms with van der Waals surface area (Å²) in [6.07, 6.45) is 1.21. The molecule has 0 radical (unpaired) electrons. The van der Waals surface area contributed by atoms with E-state index in [1.807, 2.05) is 42.4 Å². The van der Waals surface area contributed by atoms with Gasteiger partial charge in [0.05, 0.1) is 23.4 Å². The molecule has 1 aliphatic heterocycles. The fourth-order valence-corrected chi connectivity index (χ4v) is 4.34. The van der Waals surface area contributed by atoms with Crippen LogP contribution < -0.4 is 10.2 Å². The molecule has 0 saturated heterocycles. The Morgan fingerprint density at radius 3 is 2.63 bits per heavy atom. The number of carbonyl (C=O) groups excluding carboxylic acids is 1. The smallest absolute Gasteiger partial charge is 0.475 e. The molecule has 11 heteroatoms. The number of imidazole rings is 1. The Bertz CT molecular complexity index is 1360. The van der Waals surface area contributed by atoms with Gasteiger partial charge in [-0.25, -0.2) is 9.78 Å². The lowest BCUT2D eigenvalue weighted by atomic mass is 9.98. The first-order valence-corrected chi connectivity index (χ1v) is 11.0. The summed E-state index contributed by atoms with van der Waals surface area (Å²) in [7, 11) is 1.86. The normalized spacial score (nSPS) is 14.3. The van der Waals surface area contributed by atoms with Crippen molar-refractivity contribution in [1.82, 2.24) is 20.3 Å². The molecule has 2 aromatic heterocycles. The largest absolute Gasteiger partial charge is 0.490 e. The number of hydrogen-bond donors (Lipinski definition) is 4. The number of amides is 1. The number of fused-ring (bicyclic) bond motifs is 4. The van der Waals surface area contributed by atoms with E-state index in [4.69, 9.17) is 9.90 Å². The number of aromatic nitrogens is 3. The van der Waals surface area contributed by atoms with Gasteiger partial charge in [-0.05, 0) is 50.1 Å². The fraction of sp³-hybridized carbons (Fsp3) is 0.292. The van der Waals surface area contributed by atoms with Gasteiger partial charge in [0.25, 0.3) is 0 Å². The molecule has 1 aliphatic rings. The zero-order valence-corrected chi connectivity index (χ0v) is 18.8. The van der Waals surface area contributed by atoms with Crippen molar-refractivity contribution < 1.29 is 27.9 Å². The topological polar surface area (TPSA) is 114 Å². The van der Waals surface area contributed by atoms with Crippen molar-refractivity contribution in [2.45, 2.75) is 31.5 Å². The molecule has 8 nitrogen and oxygen atoms in total. The van der Waals surface area contributed by atoms with Crippen molar-refractivity contribution in [3.63, 3.8) is 0 Å². The number of carboxylic acids is 1. The number of aryl methyl sites for hydroxylation is 1. The maximum atomic E-state index is 13.5. The van der Waals surface area contributed by atoms with Gasteiger partial charge in [-0.15, -0.1) is 0 Å². The summed E-state index contributed by atoms with van der Waals surface area (Å²) in [5, 5.41) is 11.5. The van der Waals surface area contributed by atoms with Gasteiger partial charge in [-0.1, -0.05) is 18.2 Å². The SMILES string of the molecule is CNC(Cc1c[nH]c2ccccc12)C(=O)N1CCCc2c1ccc1[nH]cnc21.O=C(O)C(F)(F)F. The number of benzene rings is 2. The molecular weight excluding hydrogens is 463 g/mol. The van der Waals surface area contributed by atoms with Crippen molar-refractivity contribution in [2.75, 3.05) is 18.5 Å². The van der Waals surface area contributed by atoms with Crippen LogP contribution in [0.4, 0.5) is 18.9 Å². The van der Waals surface area contributed by atoms with Crippen molar-refractivity contribution in [3.8, 4) is 0 Å². The van der Waals surface area contributed by atoms with Crippen LogP contribution in [0.3, 0.4) is 0 Å². The summed E-state index contributed by atoms with van der Waals surface area (Å²) in [6, 6.07) is 12.0. The van der Waals surface area contributed by atoms with E-state index in [2.05, 4.69) is 32.4 Å². The number of alkyl halides is 3. The molecule has 0 spiro atoms. The second-order valence-corrected chi connectivity index (χ2v) is 8.16. The molecule has 2 aromatic carbocycles. The van der Waals surface area contributed by atoms with Gasteiger partial charge in [0, 0.05) is 34.9 Å². The zero-order chi connectivity index (χ0) is 25.2. The number of hydrogen-bond acceptors (Lipinski definition) is 4. The van der Waals surface area contributed by atoms with Gasteiger partial charge in [-0.3, -0.25) is 4.79 Å². The van der Waals surface area contributed by atoms with E-state index in [1.165, 1.54) is 10.9 Å². The third-order valence-electron chi connectivity index (χ3n) is 6.03. The molecule has 0 saturated carbocycles. The Kier molecular flexibility index (Phi) is 6.79. The first kappa shape index (κ1) is 24.3. The summed E-state index contributed by atoms with van der Waals surface area (Å²) in [4.78, 5) is 35.2. The minimum Gasteiger partial charge on any atom is -0.475 e. The quantitative estimate of drug-likeness (QED) is 0.350. The molecule has 184 valence electrons. The number of carboxylic acid groups (broad SMARTS) is 1. The second kappa shape index (κ2) is 9.79. The van der Waals surface area contributed by atoms with Gasteiger partial charge in [-0.2, -0.15) is 13.2 Å². The predicted octanol–water partition coefficient (Wildman–Crippen LogP) is 3.79. The number of rotatable bonds is 4. The third kappa shape index (κ3) is 4.99. The van der Waals surface area contributed by atoms with Crippen molar-refractivity contribution in [2.24, 2.45) is 0 Å². The second-order valence-electron chi connectivity index (χ2n) is 8.16. The Balaban J connectivity index is 0.000000364. The van der Waals surface area contributed by atoms with E-state index in [0.717, 1.165) is 47.2 Å². The minimum absolute atomic E-state index is 0.114. The van der Waals surface area contributed by atoms with E-state index in [1.54, 1.807) is 6.33 Å². The Morgan fingerprint density at radius 1 is 1.17 bits per heavy atom. The van der Waals surface area contributed by atoms with E-state index in [0.29, 0.717) is 6.42 Å². The summed E-state index contributed by atoms with van der Waals surface area (Å²) in [6.45, 7) is 0.744. The molecule has 4 N–H and O–H groups in total. The summed E-state index contributed by atoms with van der Waals surface area (Å²) in [5.74, 6) is -2.64. The maximum absolute atomic E-state index is 13.5.